The monoisotopic (exact) mass is 847 g/mol. The van der Waals surface area contributed by atoms with Gasteiger partial charge in [-0.05, 0) is 19.3 Å². The van der Waals surface area contributed by atoms with E-state index in [1.54, 1.807) is 0 Å². The average Bonchev–Trinajstić information content (AvgIpc) is 3.64. The summed E-state index contributed by atoms with van der Waals surface area (Å²) in [6.45, 7) is 4.69. The summed E-state index contributed by atoms with van der Waals surface area (Å²) in [5, 5.41) is 28.4. The molecule has 2 aromatic rings. The van der Waals surface area contributed by atoms with E-state index in [4.69, 9.17) is 19.5 Å². The standard InChI is InChI=1S/C27H44N7O16P3S/c1-5-16(2)7-10-54-11-9-29-18(35)6-8-30-25(38)22(37)27(3,4)13-47-53(44,45)50-52(42,43)46-12-17-21(49-51(39,40)41)20(36)26(48-17)34-15-33-19-23(28)31-14-32-24(19)34/h5,7,10,14-15,17,20-22,26,36-37H,6,8-9,11-13H2,1-4H3,(H,29,35)(H,30,38)(H,42,43)(H,44,45)(H2,28,31,32)(H2,39,40,41)/t17-,20-,21-,22+,26-/m1/s1. The van der Waals surface area contributed by atoms with Crippen LogP contribution in [0.5, 0.6) is 0 Å². The van der Waals surface area contributed by atoms with Crippen LogP contribution in [-0.2, 0) is 45.9 Å². The highest BCUT2D eigenvalue weighted by atomic mass is 32.2. The third kappa shape index (κ3) is 13.8. The summed E-state index contributed by atoms with van der Waals surface area (Å²) in [5.41, 5.74) is 5.41. The molecule has 304 valence electrons. The number of amides is 2. The number of carbonyl (C=O) groups excluding carboxylic acids is 2. The van der Waals surface area contributed by atoms with Gasteiger partial charge in [0, 0.05) is 30.7 Å². The molecule has 0 bridgehead atoms. The molecule has 2 amide bonds. The van der Waals surface area contributed by atoms with Gasteiger partial charge in [-0.15, -0.1) is 11.8 Å². The number of aliphatic hydroxyl groups excluding tert-OH is 2. The topological polar surface area (TPSA) is 347 Å². The van der Waals surface area contributed by atoms with Crippen molar-refractivity contribution in [1.29, 1.82) is 0 Å². The predicted octanol–water partition coefficient (Wildman–Crippen LogP) is 0.618. The normalized spacial score (nSPS) is 22.6. The van der Waals surface area contributed by atoms with Gasteiger partial charge in [0.05, 0.1) is 19.5 Å². The van der Waals surface area contributed by atoms with E-state index in [1.165, 1.54) is 25.6 Å². The Hall–Kier alpha value is -2.63. The highest BCUT2D eigenvalue weighted by Gasteiger charge is 2.50. The van der Waals surface area contributed by atoms with Crippen molar-refractivity contribution in [3.8, 4) is 0 Å². The number of ether oxygens (including phenoxy) is 1. The van der Waals surface area contributed by atoms with Gasteiger partial charge in [0.25, 0.3) is 0 Å². The van der Waals surface area contributed by atoms with Gasteiger partial charge in [-0.2, -0.15) is 4.31 Å². The fraction of sp³-hybridized carbons (Fsp3) is 0.593. The zero-order valence-corrected chi connectivity index (χ0v) is 32.9. The lowest BCUT2D eigenvalue weighted by Crippen LogP contribution is -2.46. The Balaban J connectivity index is 1.51. The quantitative estimate of drug-likeness (QED) is 0.0472. The Morgan fingerprint density at radius 2 is 1.80 bits per heavy atom. The molecule has 0 saturated carbocycles. The largest absolute Gasteiger partial charge is 0.481 e. The van der Waals surface area contributed by atoms with Crippen molar-refractivity contribution in [2.75, 3.05) is 37.8 Å². The molecule has 3 heterocycles. The minimum absolute atomic E-state index is 0.0362. The maximum Gasteiger partial charge on any atom is 0.481 e. The van der Waals surface area contributed by atoms with E-state index in [-0.39, 0.29) is 35.9 Å². The number of nitrogens with one attached hydrogen (secondary N) is 2. The number of carbonyl (C=O) groups is 2. The third-order valence-corrected chi connectivity index (χ3v) is 11.4. The first-order chi connectivity index (χ1) is 25.1. The summed E-state index contributed by atoms with van der Waals surface area (Å²) in [4.78, 5) is 75.5. The van der Waals surface area contributed by atoms with E-state index in [0.29, 0.717) is 12.3 Å². The van der Waals surface area contributed by atoms with E-state index < -0.39 is 78.6 Å². The van der Waals surface area contributed by atoms with E-state index in [1.807, 2.05) is 31.4 Å². The highest BCUT2D eigenvalue weighted by Crippen LogP contribution is 2.61. The smallest absolute Gasteiger partial charge is 0.386 e. The second-order valence-corrected chi connectivity index (χ2v) is 17.5. The number of fused-ring (bicyclic) bond motifs is 1. The first-order valence-corrected chi connectivity index (χ1v) is 21.4. The van der Waals surface area contributed by atoms with Crippen LogP contribution in [0.3, 0.4) is 0 Å². The molecular weight excluding hydrogens is 803 g/mol. The predicted molar refractivity (Wildman–Crippen MR) is 191 cm³/mol. The lowest BCUT2D eigenvalue weighted by Gasteiger charge is -2.30. The molecule has 2 unspecified atom stereocenters. The van der Waals surface area contributed by atoms with Crippen LogP contribution in [0.4, 0.5) is 5.82 Å². The Morgan fingerprint density at radius 1 is 1.11 bits per heavy atom. The Bertz CT molecular complexity index is 1820. The molecule has 3 rings (SSSR count). The van der Waals surface area contributed by atoms with Crippen LogP contribution in [0.1, 0.15) is 40.3 Å². The first-order valence-electron chi connectivity index (χ1n) is 15.9. The maximum atomic E-state index is 12.7. The van der Waals surface area contributed by atoms with Crippen LogP contribution in [0.25, 0.3) is 11.2 Å². The van der Waals surface area contributed by atoms with E-state index in [0.717, 1.165) is 22.8 Å². The number of nitrogen functional groups attached to an aromatic ring is 1. The molecule has 1 saturated heterocycles. The number of nitrogens with two attached hydrogens (primary N) is 1. The first kappa shape index (κ1) is 45.8. The van der Waals surface area contributed by atoms with Crippen molar-refractivity contribution in [2.45, 2.75) is 64.8 Å². The molecule has 1 aliphatic rings. The number of phosphoric acid groups is 3. The molecule has 0 radical (unpaired) electrons. The van der Waals surface area contributed by atoms with Crippen molar-refractivity contribution < 1.29 is 75.7 Å². The minimum atomic E-state index is -5.55. The number of hydrogen-bond acceptors (Lipinski definition) is 17. The second-order valence-electron chi connectivity index (χ2n) is 12.3. The molecule has 10 N–H and O–H groups in total. The number of hydrogen-bond donors (Lipinski definition) is 9. The van der Waals surface area contributed by atoms with Gasteiger partial charge in [0.2, 0.25) is 11.8 Å². The molecule has 2 aromatic heterocycles. The van der Waals surface area contributed by atoms with Gasteiger partial charge >= 0.3 is 23.5 Å². The summed E-state index contributed by atoms with van der Waals surface area (Å²) >= 11 is 1.51. The van der Waals surface area contributed by atoms with Crippen LogP contribution in [0, 0.1) is 5.41 Å². The molecule has 1 aliphatic heterocycles. The van der Waals surface area contributed by atoms with Crippen molar-refractivity contribution in [1.82, 2.24) is 30.2 Å². The molecule has 23 nitrogen and oxygen atoms in total. The summed E-state index contributed by atoms with van der Waals surface area (Å²) in [6, 6.07) is 0. The fourth-order valence-corrected chi connectivity index (χ4v) is 8.00. The molecule has 27 heteroatoms. The summed E-state index contributed by atoms with van der Waals surface area (Å²) in [7, 11) is -16.3. The van der Waals surface area contributed by atoms with E-state index >= 15 is 0 Å². The number of anilines is 1. The van der Waals surface area contributed by atoms with Crippen LogP contribution in [0.2, 0.25) is 0 Å². The highest BCUT2D eigenvalue weighted by molar-refractivity contribution is 8.02. The van der Waals surface area contributed by atoms with Crippen LogP contribution in [0.15, 0.2) is 35.8 Å². The summed E-state index contributed by atoms with van der Waals surface area (Å²) in [5.74, 6) is -0.694. The zero-order valence-electron chi connectivity index (χ0n) is 29.4. The Morgan fingerprint density at radius 3 is 2.46 bits per heavy atom. The number of allylic oxidation sites excluding steroid dienone is 3. The summed E-state index contributed by atoms with van der Waals surface area (Å²) in [6.07, 6.45) is -2.86. The van der Waals surface area contributed by atoms with Crippen molar-refractivity contribution >= 4 is 64.0 Å². The van der Waals surface area contributed by atoms with Gasteiger partial charge in [-0.3, -0.25) is 27.7 Å². The Kier molecular flexibility index (Phi) is 16.5. The van der Waals surface area contributed by atoms with Gasteiger partial charge in [0.15, 0.2) is 17.7 Å². The number of aromatic nitrogens is 4. The molecule has 0 aliphatic carbocycles. The fourth-order valence-electron chi connectivity index (χ4n) is 4.51. The number of rotatable bonds is 21. The number of phosphoric ester groups is 3. The van der Waals surface area contributed by atoms with Crippen LogP contribution < -0.4 is 16.4 Å². The molecule has 1 fully saturated rings. The molecule has 54 heavy (non-hydrogen) atoms. The molecular formula is C27H44N7O16P3S. The van der Waals surface area contributed by atoms with Gasteiger partial charge < -0.3 is 50.9 Å². The number of thioether (sulfide) groups is 1. The second kappa shape index (κ2) is 19.5. The maximum absolute atomic E-state index is 12.7. The number of nitrogens with zero attached hydrogens (tertiary/aromatic N) is 4. The Labute approximate surface area is 313 Å². The average molecular weight is 848 g/mol. The minimum Gasteiger partial charge on any atom is -0.386 e. The van der Waals surface area contributed by atoms with Gasteiger partial charge in [-0.25, -0.2) is 28.6 Å². The SMILES string of the molecule is CC=C(C)C=CSCCNC(=O)CCNC(=O)[C@H](O)C(C)(C)COP(=O)(O)OP(=O)(O)OC[C@H]1O[C@@H](n2cnc3c(N)ncnc32)[C@H](O)[C@@H]1OP(=O)(O)O. The zero-order chi connectivity index (χ0) is 40.5. The number of imidazole rings is 1. The third-order valence-electron chi connectivity index (χ3n) is 7.50. The van der Waals surface area contributed by atoms with Crippen LogP contribution in [-0.4, -0.2) is 118 Å². The van der Waals surface area contributed by atoms with Gasteiger partial charge in [-0.1, -0.05) is 31.6 Å². The van der Waals surface area contributed by atoms with E-state index in [9.17, 15) is 53.1 Å². The molecule has 7 atom stereocenters. The lowest BCUT2D eigenvalue weighted by atomic mass is 9.87. The summed E-state index contributed by atoms with van der Waals surface area (Å²) < 4.78 is 62.1. The number of aliphatic hydroxyl groups is 2. The lowest BCUT2D eigenvalue weighted by molar-refractivity contribution is -0.137. The van der Waals surface area contributed by atoms with Crippen LogP contribution >= 0.6 is 35.2 Å². The van der Waals surface area contributed by atoms with E-state index in [2.05, 4.69) is 34.4 Å². The van der Waals surface area contributed by atoms with Crippen molar-refractivity contribution in [3.05, 3.63) is 35.8 Å². The molecule has 0 aromatic carbocycles. The van der Waals surface area contributed by atoms with Crippen molar-refractivity contribution in [2.24, 2.45) is 5.41 Å². The van der Waals surface area contributed by atoms with Gasteiger partial charge in [0.1, 0.15) is 36.3 Å². The van der Waals surface area contributed by atoms with Crippen molar-refractivity contribution in [3.63, 3.8) is 0 Å². The molecule has 0 spiro atoms.